The van der Waals surface area contributed by atoms with Crippen molar-refractivity contribution in [2.24, 2.45) is 0 Å². The summed E-state index contributed by atoms with van der Waals surface area (Å²) in [5.74, 6) is -1.55. The smallest absolute Gasteiger partial charge is 0.335 e. The predicted octanol–water partition coefficient (Wildman–Crippen LogP) is 2.45. The zero-order chi connectivity index (χ0) is 18.8. The van der Waals surface area contributed by atoms with Crippen LogP contribution in [-0.2, 0) is 9.59 Å². The van der Waals surface area contributed by atoms with Gasteiger partial charge in [0.05, 0.1) is 11.3 Å². The molecule has 2 aromatic rings. The molecule has 7 heteroatoms. The van der Waals surface area contributed by atoms with E-state index in [1.165, 1.54) is 23.1 Å². The van der Waals surface area contributed by atoms with Gasteiger partial charge in [0.25, 0.3) is 5.91 Å². The fourth-order valence-electron chi connectivity index (χ4n) is 2.73. The number of aromatic carboxylic acids is 1. The Kier molecular flexibility index (Phi) is 4.62. The summed E-state index contributed by atoms with van der Waals surface area (Å²) >= 11 is 0. The number of aryl methyl sites for hydroxylation is 1. The highest BCUT2D eigenvalue weighted by Crippen LogP contribution is 2.34. The molecule has 1 heterocycles. The van der Waals surface area contributed by atoms with Crippen LogP contribution in [-0.4, -0.2) is 35.5 Å². The second-order valence-corrected chi connectivity index (χ2v) is 6.07. The van der Waals surface area contributed by atoms with Crippen molar-refractivity contribution < 1.29 is 24.2 Å². The molecule has 0 saturated carbocycles. The molecule has 134 valence electrons. The SMILES string of the molecule is Cc1ccc(NC(=O)C(C)N2C(=O)COc3cc(C(=O)O)ccc32)cc1. The number of hydrogen-bond acceptors (Lipinski definition) is 4. The molecule has 2 N–H and O–H groups in total. The first kappa shape index (κ1) is 17.5. The molecule has 26 heavy (non-hydrogen) atoms. The van der Waals surface area contributed by atoms with E-state index < -0.39 is 12.0 Å². The largest absolute Gasteiger partial charge is 0.482 e. The van der Waals surface area contributed by atoms with Crippen LogP contribution in [0.5, 0.6) is 5.75 Å². The van der Waals surface area contributed by atoms with Gasteiger partial charge in [0.15, 0.2) is 6.61 Å². The van der Waals surface area contributed by atoms with Gasteiger partial charge in [-0.3, -0.25) is 14.5 Å². The lowest BCUT2D eigenvalue weighted by Gasteiger charge is -2.33. The van der Waals surface area contributed by atoms with E-state index in [4.69, 9.17) is 9.84 Å². The van der Waals surface area contributed by atoms with Crippen LogP contribution in [0.2, 0.25) is 0 Å². The molecule has 7 nitrogen and oxygen atoms in total. The third-order valence-corrected chi connectivity index (χ3v) is 4.17. The van der Waals surface area contributed by atoms with E-state index in [0.29, 0.717) is 11.4 Å². The number of nitrogens with one attached hydrogen (secondary N) is 1. The third-order valence-electron chi connectivity index (χ3n) is 4.17. The van der Waals surface area contributed by atoms with Gasteiger partial charge in [0, 0.05) is 5.69 Å². The van der Waals surface area contributed by atoms with Crippen LogP contribution in [0, 0.1) is 6.92 Å². The topological polar surface area (TPSA) is 95.9 Å². The predicted molar refractivity (Wildman–Crippen MR) is 95.7 cm³/mol. The van der Waals surface area contributed by atoms with E-state index in [-0.39, 0.29) is 29.7 Å². The van der Waals surface area contributed by atoms with Crippen LogP contribution >= 0.6 is 0 Å². The Balaban J connectivity index is 1.85. The van der Waals surface area contributed by atoms with Gasteiger partial charge in [-0.2, -0.15) is 0 Å². The second-order valence-electron chi connectivity index (χ2n) is 6.07. The highest BCUT2D eigenvalue weighted by molar-refractivity contribution is 6.07. The quantitative estimate of drug-likeness (QED) is 0.879. The Morgan fingerprint density at radius 1 is 1.19 bits per heavy atom. The molecule has 1 aliphatic heterocycles. The number of amides is 2. The summed E-state index contributed by atoms with van der Waals surface area (Å²) in [5, 5.41) is 11.9. The summed E-state index contributed by atoms with van der Waals surface area (Å²) in [5.41, 5.74) is 2.13. The van der Waals surface area contributed by atoms with Crippen LogP contribution in [0.1, 0.15) is 22.8 Å². The van der Waals surface area contributed by atoms with Crippen LogP contribution in [0.4, 0.5) is 11.4 Å². The van der Waals surface area contributed by atoms with Gasteiger partial charge in [-0.15, -0.1) is 0 Å². The first-order valence-corrected chi connectivity index (χ1v) is 8.06. The maximum Gasteiger partial charge on any atom is 0.335 e. The fraction of sp³-hybridized carbons (Fsp3) is 0.211. The normalized spacial score (nSPS) is 14.2. The molecule has 0 fully saturated rings. The second kappa shape index (κ2) is 6.87. The Morgan fingerprint density at radius 3 is 2.54 bits per heavy atom. The molecule has 0 radical (unpaired) electrons. The van der Waals surface area contributed by atoms with E-state index in [9.17, 15) is 14.4 Å². The Bertz CT molecular complexity index is 876. The highest BCUT2D eigenvalue weighted by Gasteiger charge is 2.33. The number of ether oxygens (including phenoxy) is 1. The maximum atomic E-state index is 12.6. The number of benzene rings is 2. The summed E-state index contributed by atoms with van der Waals surface area (Å²) in [4.78, 5) is 37.3. The zero-order valence-corrected chi connectivity index (χ0v) is 14.4. The molecule has 1 unspecified atom stereocenters. The standard InChI is InChI=1S/C19H18N2O5/c1-11-3-6-14(7-4-11)20-18(23)12(2)21-15-8-5-13(19(24)25)9-16(15)26-10-17(21)22/h3-9,12H,10H2,1-2H3,(H,20,23)(H,24,25). The summed E-state index contributed by atoms with van der Waals surface area (Å²) in [6.07, 6.45) is 0. The minimum Gasteiger partial charge on any atom is -0.482 e. The van der Waals surface area contributed by atoms with Crippen LogP contribution in [0.25, 0.3) is 0 Å². The molecular weight excluding hydrogens is 336 g/mol. The average Bonchev–Trinajstić information content (AvgIpc) is 2.62. The number of carboxylic acids is 1. The minimum atomic E-state index is -1.09. The van der Waals surface area contributed by atoms with Crippen molar-refractivity contribution in [1.29, 1.82) is 0 Å². The van der Waals surface area contributed by atoms with Crippen molar-refractivity contribution in [1.82, 2.24) is 0 Å². The lowest BCUT2D eigenvalue weighted by atomic mass is 10.1. The molecule has 0 bridgehead atoms. The van der Waals surface area contributed by atoms with E-state index in [0.717, 1.165) is 5.56 Å². The molecule has 2 aromatic carbocycles. The van der Waals surface area contributed by atoms with E-state index in [1.807, 2.05) is 19.1 Å². The molecule has 0 aromatic heterocycles. The average molecular weight is 354 g/mol. The summed E-state index contributed by atoms with van der Waals surface area (Å²) in [6, 6.07) is 10.7. The van der Waals surface area contributed by atoms with Gasteiger partial charge in [-0.05, 0) is 44.2 Å². The fourth-order valence-corrected chi connectivity index (χ4v) is 2.73. The number of rotatable bonds is 4. The third kappa shape index (κ3) is 3.37. The monoisotopic (exact) mass is 354 g/mol. The van der Waals surface area contributed by atoms with Gasteiger partial charge in [0.1, 0.15) is 11.8 Å². The van der Waals surface area contributed by atoms with Crippen molar-refractivity contribution in [3.63, 3.8) is 0 Å². The summed E-state index contributed by atoms with van der Waals surface area (Å²) in [6.45, 7) is 3.31. The number of fused-ring (bicyclic) bond motifs is 1. The van der Waals surface area contributed by atoms with Crippen LogP contribution < -0.4 is 15.0 Å². The summed E-state index contributed by atoms with van der Waals surface area (Å²) in [7, 11) is 0. The molecule has 2 amide bonds. The minimum absolute atomic E-state index is 0.0507. The number of carbonyl (C=O) groups is 3. The van der Waals surface area contributed by atoms with Crippen molar-refractivity contribution >= 4 is 29.2 Å². The molecule has 1 atom stereocenters. The number of carbonyl (C=O) groups excluding carboxylic acids is 2. The van der Waals surface area contributed by atoms with Gasteiger partial charge in [-0.1, -0.05) is 17.7 Å². The molecule has 0 aliphatic carbocycles. The lowest BCUT2D eigenvalue weighted by molar-refractivity contribution is -0.125. The van der Waals surface area contributed by atoms with Gasteiger partial charge in [-0.25, -0.2) is 4.79 Å². The molecule has 0 spiro atoms. The van der Waals surface area contributed by atoms with Crippen molar-refractivity contribution in [2.75, 3.05) is 16.8 Å². The number of carboxylic acid groups (broad SMARTS) is 1. The number of nitrogens with zero attached hydrogens (tertiary/aromatic N) is 1. The summed E-state index contributed by atoms with van der Waals surface area (Å²) < 4.78 is 5.33. The first-order valence-electron chi connectivity index (χ1n) is 8.06. The molecule has 1 aliphatic rings. The van der Waals surface area contributed by atoms with Gasteiger partial charge >= 0.3 is 5.97 Å². The van der Waals surface area contributed by atoms with E-state index in [1.54, 1.807) is 19.1 Å². The number of anilines is 2. The molecular formula is C19H18N2O5. The molecule has 3 rings (SSSR count). The maximum absolute atomic E-state index is 12.6. The zero-order valence-electron chi connectivity index (χ0n) is 14.4. The van der Waals surface area contributed by atoms with Crippen molar-refractivity contribution in [3.8, 4) is 5.75 Å². The first-order chi connectivity index (χ1) is 12.4. The van der Waals surface area contributed by atoms with Crippen LogP contribution in [0.15, 0.2) is 42.5 Å². The van der Waals surface area contributed by atoms with Gasteiger partial charge in [0.2, 0.25) is 5.91 Å². The Morgan fingerprint density at radius 2 is 1.88 bits per heavy atom. The Hall–Kier alpha value is -3.35. The highest BCUT2D eigenvalue weighted by atomic mass is 16.5. The molecule has 0 saturated heterocycles. The van der Waals surface area contributed by atoms with E-state index in [2.05, 4.69) is 5.32 Å². The van der Waals surface area contributed by atoms with Crippen molar-refractivity contribution in [3.05, 3.63) is 53.6 Å². The van der Waals surface area contributed by atoms with Gasteiger partial charge < -0.3 is 15.2 Å². The number of hydrogen-bond donors (Lipinski definition) is 2. The Labute approximate surface area is 150 Å². The lowest BCUT2D eigenvalue weighted by Crippen LogP contribution is -2.49. The van der Waals surface area contributed by atoms with Crippen molar-refractivity contribution in [2.45, 2.75) is 19.9 Å². The van der Waals surface area contributed by atoms with Crippen LogP contribution in [0.3, 0.4) is 0 Å². The van der Waals surface area contributed by atoms with E-state index >= 15 is 0 Å².